The first kappa shape index (κ1) is 21.7. The van der Waals surface area contributed by atoms with Crippen LogP contribution in [0.5, 0.6) is 17.2 Å². The molecule has 160 valence electrons. The highest BCUT2D eigenvalue weighted by atomic mass is 16.5. The van der Waals surface area contributed by atoms with Crippen LogP contribution in [0.3, 0.4) is 0 Å². The number of amides is 2. The lowest BCUT2D eigenvalue weighted by Gasteiger charge is -2.18. The molecule has 0 bridgehead atoms. The van der Waals surface area contributed by atoms with Crippen molar-refractivity contribution in [1.82, 2.24) is 5.32 Å². The molecule has 0 radical (unpaired) electrons. The minimum Gasteiger partial charge on any atom is -0.493 e. The van der Waals surface area contributed by atoms with Gasteiger partial charge in [-0.25, -0.2) is 0 Å². The van der Waals surface area contributed by atoms with Crippen LogP contribution >= 0.6 is 0 Å². The van der Waals surface area contributed by atoms with E-state index in [0.29, 0.717) is 29.4 Å². The summed E-state index contributed by atoms with van der Waals surface area (Å²) in [5.74, 6) is -0.133. The van der Waals surface area contributed by atoms with Crippen molar-refractivity contribution in [2.75, 3.05) is 14.2 Å². The van der Waals surface area contributed by atoms with E-state index in [0.717, 1.165) is 5.56 Å². The number of nitrogens with one attached hydrogen (secondary N) is 1. The van der Waals surface area contributed by atoms with E-state index in [-0.39, 0.29) is 5.56 Å². The van der Waals surface area contributed by atoms with Gasteiger partial charge in [0.2, 0.25) is 11.7 Å². The smallest absolute Gasteiger partial charge is 0.252 e. The Labute approximate surface area is 180 Å². The van der Waals surface area contributed by atoms with E-state index in [4.69, 9.17) is 19.9 Å². The molecule has 3 aromatic carbocycles. The van der Waals surface area contributed by atoms with E-state index < -0.39 is 17.9 Å². The molecule has 0 aliphatic heterocycles. The highest BCUT2D eigenvalue weighted by Crippen LogP contribution is 2.39. The van der Waals surface area contributed by atoms with E-state index in [1.807, 2.05) is 36.4 Å². The maximum Gasteiger partial charge on any atom is 0.252 e. The van der Waals surface area contributed by atoms with Crippen molar-refractivity contribution in [3.63, 3.8) is 0 Å². The molecule has 1 atom stereocenters. The molecule has 3 aromatic rings. The van der Waals surface area contributed by atoms with Crippen LogP contribution in [-0.4, -0.2) is 26.0 Å². The van der Waals surface area contributed by atoms with Crippen LogP contribution in [0.15, 0.2) is 72.8 Å². The van der Waals surface area contributed by atoms with Crippen molar-refractivity contribution in [2.24, 2.45) is 5.73 Å². The zero-order chi connectivity index (χ0) is 22.2. The Morgan fingerprint density at radius 2 is 1.45 bits per heavy atom. The fourth-order valence-corrected chi connectivity index (χ4v) is 3.06. The Balaban J connectivity index is 1.85. The SMILES string of the molecule is COc1cc(C(=O)NC(C(N)=O)c2ccccc2)cc(OC)c1OCc1ccccc1. The number of hydrogen-bond donors (Lipinski definition) is 2. The molecule has 0 saturated heterocycles. The van der Waals surface area contributed by atoms with Crippen LogP contribution < -0.4 is 25.3 Å². The largest absolute Gasteiger partial charge is 0.493 e. The average molecular weight is 420 g/mol. The van der Waals surface area contributed by atoms with Crippen molar-refractivity contribution < 1.29 is 23.8 Å². The van der Waals surface area contributed by atoms with E-state index in [1.54, 1.807) is 24.3 Å². The fraction of sp³-hybridized carbons (Fsp3) is 0.167. The Kier molecular flexibility index (Phi) is 7.11. The predicted octanol–water partition coefficient (Wildman–Crippen LogP) is 3.24. The van der Waals surface area contributed by atoms with Crippen molar-refractivity contribution in [3.05, 3.63) is 89.5 Å². The normalized spacial score (nSPS) is 11.3. The number of ether oxygens (including phenoxy) is 3. The maximum atomic E-state index is 12.9. The third kappa shape index (κ3) is 5.33. The van der Waals surface area contributed by atoms with Gasteiger partial charge in [0.15, 0.2) is 11.5 Å². The minimum atomic E-state index is -0.973. The lowest BCUT2D eigenvalue weighted by molar-refractivity contribution is -0.120. The van der Waals surface area contributed by atoms with Gasteiger partial charge >= 0.3 is 0 Å². The summed E-state index contributed by atoms with van der Waals surface area (Å²) in [6, 6.07) is 20.5. The van der Waals surface area contributed by atoms with Crippen LogP contribution in [0.4, 0.5) is 0 Å². The van der Waals surface area contributed by atoms with Crippen LogP contribution in [0, 0.1) is 0 Å². The zero-order valence-corrected chi connectivity index (χ0v) is 17.3. The molecule has 0 aromatic heterocycles. The summed E-state index contributed by atoms with van der Waals surface area (Å²) in [5.41, 5.74) is 7.30. The van der Waals surface area contributed by atoms with Crippen LogP contribution in [0.25, 0.3) is 0 Å². The molecule has 7 heteroatoms. The van der Waals surface area contributed by atoms with E-state index in [1.165, 1.54) is 26.4 Å². The number of rotatable bonds is 9. The number of methoxy groups -OCH3 is 2. The molecule has 0 aliphatic carbocycles. The highest BCUT2D eigenvalue weighted by molar-refractivity contribution is 5.98. The molecule has 0 saturated carbocycles. The van der Waals surface area contributed by atoms with Gasteiger partial charge in [-0.1, -0.05) is 60.7 Å². The number of benzene rings is 3. The first-order chi connectivity index (χ1) is 15.0. The second-order valence-corrected chi connectivity index (χ2v) is 6.70. The average Bonchev–Trinajstić information content (AvgIpc) is 2.81. The van der Waals surface area contributed by atoms with Gasteiger partial charge < -0.3 is 25.3 Å². The monoisotopic (exact) mass is 420 g/mol. The summed E-state index contributed by atoms with van der Waals surface area (Å²) in [7, 11) is 2.95. The molecule has 7 nitrogen and oxygen atoms in total. The van der Waals surface area contributed by atoms with Gasteiger partial charge in [-0.3, -0.25) is 9.59 Å². The number of carbonyl (C=O) groups excluding carboxylic acids is 2. The summed E-state index contributed by atoms with van der Waals surface area (Å²) < 4.78 is 16.8. The zero-order valence-electron chi connectivity index (χ0n) is 17.3. The van der Waals surface area contributed by atoms with Crippen molar-refractivity contribution >= 4 is 11.8 Å². The van der Waals surface area contributed by atoms with Crippen LogP contribution in [-0.2, 0) is 11.4 Å². The third-order valence-electron chi connectivity index (χ3n) is 4.64. The maximum absolute atomic E-state index is 12.9. The van der Waals surface area contributed by atoms with Crippen molar-refractivity contribution in [3.8, 4) is 17.2 Å². The summed E-state index contributed by atoms with van der Waals surface area (Å²) >= 11 is 0. The highest BCUT2D eigenvalue weighted by Gasteiger charge is 2.23. The lowest BCUT2D eigenvalue weighted by Crippen LogP contribution is -2.37. The lowest BCUT2D eigenvalue weighted by atomic mass is 10.1. The van der Waals surface area contributed by atoms with Gasteiger partial charge in [-0.2, -0.15) is 0 Å². The van der Waals surface area contributed by atoms with Gasteiger partial charge in [-0.05, 0) is 23.3 Å². The van der Waals surface area contributed by atoms with Gasteiger partial charge in [0.05, 0.1) is 14.2 Å². The van der Waals surface area contributed by atoms with E-state index >= 15 is 0 Å². The molecule has 0 heterocycles. The van der Waals surface area contributed by atoms with Gasteiger partial charge in [0.25, 0.3) is 5.91 Å². The quantitative estimate of drug-likeness (QED) is 0.554. The third-order valence-corrected chi connectivity index (χ3v) is 4.64. The van der Waals surface area contributed by atoms with Gasteiger partial charge in [0, 0.05) is 5.56 Å². The van der Waals surface area contributed by atoms with Gasteiger partial charge in [-0.15, -0.1) is 0 Å². The molecule has 0 fully saturated rings. The predicted molar refractivity (Wildman–Crippen MR) is 116 cm³/mol. The Morgan fingerprint density at radius 1 is 0.903 bits per heavy atom. The Hall–Kier alpha value is -4.00. The van der Waals surface area contributed by atoms with E-state index in [9.17, 15) is 9.59 Å². The van der Waals surface area contributed by atoms with Gasteiger partial charge in [0.1, 0.15) is 12.6 Å². The first-order valence-electron chi connectivity index (χ1n) is 9.61. The molecule has 3 rings (SSSR count). The number of hydrogen-bond acceptors (Lipinski definition) is 5. The number of carbonyl (C=O) groups is 2. The Morgan fingerprint density at radius 3 is 1.97 bits per heavy atom. The first-order valence-corrected chi connectivity index (χ1v) is 9.61. The van der Waals surface area contributed by atoms with Crippen LogP contribution in [0.1, 0.15) is 27.5 Å². The van der Waals surface area contributed by atoms with E-state index in [2.05, 4.69) is 5.32 Å². The second kappa shape index (κ2) is 10.2. The summed E-state index contributed by atoms with van der Waals surface area (Å²) in [5, 5.41) is 2.66. The topological polar surface area (TPSA) is 99.9 Å². The summed E-state index contributed by atoms with van der Waals surface area (Å²) in [6.45, 7) is 0.302. The number of primary amides is 1. The van der Waals surface area contributed by atoms with Crippen molar-refractivity contribution in [1.29, 1.82) is 0 Å². The summed E-state index contributed by atoms with van der Waals surface area (Å²) in [4.78, 5) is 24.8. The Bertz CT molecular complexity index is 1010. The van der Waals surface area contributed by atoms with Crippen molar-refractivity contribution in [2.45, 2.75) is 12.6 Å². The second-order valence-electron chi connectivity index (χ2n) is 6.70. The molecule has 0 spiro atoms. The van der Waals surface area contributed by atoms with Crippen LogP contribution in [0.2, 0.25) is 0 Å². The number of nitrogens with two attached hydrogens (primary N) is 1. The molecule has 2 amide bonds. The minimum absolute atomic E-state index is 0.239. The fourth-order valence-electron chi connectivity index (χ4n) is 3.06. The molecular formula is C24H24N2O5. The standard InChI is InChI=1S/C24H24N2O5/c1-29-19-13-18(24(28)26-21(23(25)27)17-11-7-4-8-12-17)14-20(30-2)22(19)31-15-16-9-5-3-6-10-16/h3-14,21H,15H2,1-2H3,(H2,25,27)(H,26,28). The molecule has 3 N–H and O–H groups in total. The molecular weight excluding hydrogens is 396 g/mol. The summed E-state index contributed by atoms with van der Waals surface area (Å²) in [6.07, 6.45) is 0. The molecule has 31 heavy (non-hydrogen) atoms. The molecule has 0 aliphatic rings. The molecule has 1 unspecified atom stereocenters.